The zero-order chi connectivity index (χ0) is 17.6. The van der Waals surface area contributed by atoms with E-state index in [0.29, 0.717) is 12.8 Å². The number of carbonyl (C=O) groups is 1. The average molecular weight is 346 g/mol. The Labute approximate surface area is 147 Å². The summed E-state index contributed by atoms with van der Waals surface area (Å²) >= 11 is 0. The fourth-order valence-corrected chi connectivity index (χ4v) is 6.43. The van der Waals surface area contributed by atoms with Crippen molar-refractivity contribution in [2.45, 2.75) is 70.4 Å². The number of rotatable bonds is 1. The third-order valence-electron chi connectivity index (χ3n) is 8.25. The molecule has 1 spiro atoms. The van der Waals surface area contributed by atoms with E-state index in [1.54, 1.807) is 12.5 Å². The summed E-state index contributed by atoms with van der Waals surface area (Å²) in [6.07, 6.45) is 5.77. The van der Waals surface area contributed by atoms with Gasteiger partial charge in [0.2, 0.25) is 0 Å². The highest BCUT2D eigenvalue weighted by molar-refractivity contribution is 5.80. The molecule has 0 unspecified atom stereocenters. The Morgan fingerprint density at radius 3 is 2.84 bits per heavy atom. The SMILES string of the molecule is C[C@@H]1CC[C@@]2(C)[C@H](C[C@@H](O)[C@H]3O[C@]32C)[C@@]12C[C@H](c1ccoc1)OC2=O. The van der Waals surface area contributed by atoms with Gasteiger partial charge in [-0.3, -0.25) is 4.79 Å². The van der Waals surface area contributed by atoms with Gasteiger partial charge in [0.15, 0.2) is 0 Å². The Kier molecular flexibility index (Phi) is 2.98. The number of hydrogen-bond acceptors (Lipinski definition) is 5. The van der Waals surface area contributed by atoms with Crippen LogP contribution >= 0.6 is 0 Å². The molecular formula is C20H26O5. The molecule has 25 heavy (non-hydrogen) atoms. The first-order chi connectivity index (χ1) is 11.8. The Morgan fingerprint density at radius 1 is 1.32 bits per heavy atom. The van der Waals surface area contributed by atoms with Crippen LogP contribution in [0.4, 0.5) is 0 Å². The Balaban J connectivity index is 1.58. The minimum Gasteiger partial charge on any atom is -0.472 e. The van der Waals surface area contributed by atoms with Gasteiger partial charge in [-0.05, 0) is 44.1 Å². The van der Waals surface area contributed by atoms with E-state index in [9.17, 15) is 9.90 Å². The van der Waals surface area contributed by atoms with Gasteiger partial charge in [0.1, 0.15) is 17.8 Å². The summed E-state index contributed by atoms with van der Waals surface area (Å²) in [6, 6.07) is 1.88. The smallest absolute Gasteiger partial charge is 0.313 e. The van der Waals surface area contributed by atoms with Gasteiger partial charge in [-0.1, -0.05) is 13.8 Å². The van der Waals surface area contributed by atoms with Gasteiger partial charge in [0, 0.05) is 17.4 Å². The number of furan rings is 1. The third kappa shape index (κ3) is 1.74. The van der Waals surface area contributed by atoms with Gasteiger partial charge in [0.25, 0.3) is 0 Å². The molecule has 5 rings (SSSR count). The van der Waals surface area contributed by atoms with Crippen molar-refractivity contribution in [3.05, 3.63) is 24.2 Å². The van der Waals surface area contributed by atoms with Crippen LogP contribution in [0.15, 0.2) is 23.0 Å². The number of epoxide rings is 1. The van der Waals surface area contributed by atoms with Crippen molar-refractivity contribution >= 4 is 5.97 Å². The van der Waals surface area contributed by atoms with Crippen molar-refractivity contribution in [3.63, 3.8) is 0 Å². The normalized spacial score (nSPS) is 54.1. The van der Waals surface area contributed by atoms with Crippen LogP contribution in [0.25, 0.3) is 0 Å². The first-order valence-corrected chi connectivity index (χ1v) is 9.42. The van der Waals surface area contributed by atoms with Crippen LogP contribution in [-0.4, -0.2) is 28.9 Å². The maximum Gasteiger partial charge on any atom is 0.313 e. The molecule has 0 amide bonds. The molecule has 2 aliphatic heterocycles. The predicted molar refractivity (Wildman–Crippen MR) is 88.5 cm³/mol. The molecule has 4 aliphatic rings. The van der Waals surface area contributed by atoms with Crippen LogP contribution in [0.3, 0.4) is 0 Å². The molecule has 0 radical (unpaired) electrons. The quantitative estimate of drug-likeness (QED) is 0.624. The summed E-state index contributed by atoms with van der Waals surface area (Å²) in [5, 5.41) is 10.6. The minimum atomic E-state index is -0.546. The van der Waals surface area contributed by atoms with Gasteiger partial charge >= 0.3 is 5.97 Å². The van der Waals surface area contributed by atoms with E-state index in [1.807, 2.05) is 6.07 Å². The lowest BCUT2D eigenvalue weighted by Crippen LogP contribution is -2.61. The van der Waals surface area contributed by atoms with E-state index in [4.69, 9.17) is 13.9 Å². The third-order valence-corrected chi connectivity index (χ3v) is 8.25. The minimum absolute atomic E-state index is 0.0758. The number of fused-ring (bicyclic) bond motifs is 4. The van der Waals surface area contributed by atoms with Crippen LogP contribution in [-0.2, 0) is 14.3 Å². The Hall–Kier alpha value is -1.33. The lowest BCUT2D eigenvalue weighted by molar-refractivity contribution is -0.170. The summed E-state index contributed by atoms with van der Waals surface area (Å²) in [5.41, 5.74) is -0.0483. The second kappa shape index (κ2) is 4.68. The van der Waals surface area contributed by atoms with E-state index < -0.39 is 11.5 Å². The van der Waals surface area contributed by atoms with Crippen LogP contribution in [0, 0.1) is 22.7 Å². The molecule has 2 aliphatic carbocycles. The van der Waals surface area contributed by atoms with Gasteiger partial charge < -0.3 is 19.0 Å². The summed E-state index contributed by atoms with van der Waals surface area (Å²) in [6.45, 7) is 6.55. The van der Waals surface area contributed by atoms with Crippen molar-refractivity contribution in [1.29, 1.82) is 0 Å². The molecule has 8 atom stereocenters. The van der Waals surface area contributed by atoms with Crippen molar-refractivity contribution in [3.8, 4) is 0 Å². The summed E-state index contributed by atoms with van der Waals surface area (Å²) in [5.74, 6) is 0.213. The molecule has 0 bridgehead atoms. The van der Waals surface area contributed by atoms with Crippen molar-refractivity contribution in [2.75, 3.05) is 0 Å². The average Bonchev–Trinajstić information content (AvgIpc) is 2.96. The van der Waals surface area contributed by atoms with E-state index in [2.05, 4.69) is 20.8 Å². The molecule has 5 heteroatoms. The molecule has 1 N–H and O–H groups in total. The molecule has 4 fully saturated rings. The fourth-order valence-electron chi connectivity index (χ4n) is 6.43. The van der Waals surface area contributed by atoms with Gasteiger partial charge in [-0.15, -0.1) is 0 Å². The number of esters is 1. The predicted octanol–water partition coefficient (Wildman–Crippen LogP) is 3.23. The number of aliphatic hydroxyl groups is 1. The van der Waals surface area contributed by atoms with E-state index in [1.165, 1.54) is 0 Å². The number of ether oxygens (including phenoxy) is 2. The molecule has 0 aromatic carbocycles. The maximum atomic E-state index is 13.2. The van der Waals surface area contributed by atoms with E-state index in [0.717, 1.165) is 18.4 Å². The van der Waals surface area contributed by atoms with Crippen LogP contribution in [0.1, 0.15) is 58.1 Å². The molecular weight excluding hydrogens is 320 g/mol. The topological polar surface area (TPSA) is 72.2 Å². The van der Waals surface area contributed by atoms with E-state index in [-0.39, 0.29) is 41.0 Å². The first-order valence-electron chi connectivity index (χ1n) is 9.42. The van der Waals surface area contributed by atoms with Gasteiger partial charge in [-0.25, -0.2) is 0 Å². The molecule has 5 nitrogen and oxygen atoms in total. The molecule has 136 valence electrons. The fraction of sp³-hybridized carbons (Fsp3) is 0.750. The van der Waals surface area contributed by atoms with E-state index >= 15 is 0 Å². The zero-order valence-electron chi connectivity index (χ0n) is 15.0. The Bertz CT molecular complexity index is 714. The van der Waals surface area contributed by atoms with Crippen molar-refractivity contribution in [1.82, 2.24) is 0 Å². The lowest BCUT2D eigenvalue weighted by atomic mass is 9.44. The Morgan fingerprint density at radius 2 is 2.12 bits per heavy atom. The highest BCUT2D eigenvalue weighted by Crippen LogP contribution is 2.72. The van der Waals surface area contributed by atoms with Gasteiger partial charge in [0.05, 0.1) is 24.0 Å². The molecule has 2 saturated carbocycles. The molecule has 2 saturated heterocycles. The first kappa shape index (κ1) is 15.9. The summed E-state index contributed by atoms with van der Waals surface area (Å²) in [4.78, 5) is 13.2. The van der Waals surface area contributed by atoms with Crippen molar-refractivity contribution < 1.29 is 23.8 Å². The summed E-state index contributed by atoms with van der Waals surface area (Å²) < 4.78 is 17.1. The zero-order valence-corrected chi connectivity index (χ0v) is 15.0. The highest BCUT2D eigenvalue weighted by atomic mass is 16.6. The van der Waals surface area contributed by atoms with Crippen LogP contribution in [0.5, 0.6) is 0 Å². The lowest BCUT2D eigenvalue weighted by Gasteiger charge is -2.57. The second-order valence-electron chi connectivity index (χ2n) is 9.05. The molecule has 1 aromatic rings. The number of carbonyl (C=O) groups excluding carboxylic acids is 1. The van der Waals surface area contributed by atoms with Crippen LogP contribution in [0.2, 0.25) is 0 Å². The molecule has 1 aromatic heterocycles. The number of cyclic esters (lactones) is 1. The standard InChI is InChI=1S/C20H26O5/c1-11-4-6-18(2)15(8-13(21)16-19(18,3)25-16)20(11)9-14(24-17(20)22)12-5-7-23-10-12/h5,7,10-11,13-16,21H,4,6,8-9H2,1-3H3/t11-,13-,14-,15+,16-,18+,19-,20-/m1/s1. The second-order valence-corrected chi connectivity index (χ2v) is 9.05. The largest absolute Gasteiger partial charge is 0.472 e. The molecule has 3 heterocycles. The van der Waals surface area contributed by atoms with Crippen LogP contribution < -0.4 is 0 Å². The maximum absolute atomic E-state index is 13.2. The number of aliphatic hydroxyl groups excluding tert-OH is 1. The van der Waals surface area contributed by atoms with Gasteiger partial charge in [-0.2, -0.15) is 0 Å². The van der Waals surface area contributed by atoms with Crippen molar-refractivity contribution in [2.24, 2.45) is 22.7 Å². The monoisotopic (exact) mass is 346 g/mol. The highest BCUT2D eigenvalue weighted by Gasteiger charge is 2.77. The summed E-state index contributed by atoms with van der Waals surface area (Å²) in [7, 11) is 0. The number of hydrogen-bond donors (Lipinski definition) is 1.